The van der Waals surface area contributed by atoms with Gasteiger partial charge in [0.1, 0.15) is 16.3 Å². The normalized spacial score (nSPS) is 16.0. The van der Waals surface area contributed by atoms with Gasteiger partial charge in [0.2, 0.25) is 0 Å². The van der Waals surface area contributed by atoms with Gasteiger partial charge in [0, 0.05) is 32.4 Å². The summed E-state index contributed by atoms with van der Waals surface area (Å²) in [5.74, 6) is 0. The number of nitrogens with one attached hydrogen (secondary N) is 1. The molecule has 0 aliphatic carbocycles. The third-order valence-electron chi connectivity index (χ3n) is 3.74. The highest BCUT2D eigenvalue weighted by molar-refractivity contribution is 6.29. The first-order chi connectivity index (χ1) is 10.8. The van der Waals surface area contributed by atoms with Crippen LogP contribution >= 0.6 is 11.6 Å². The van der Waals surface area contributed by atoms with Crippen molar-refractivity contribution in [3.63, 3.8) is 0 Å². The molecule has 2 aromatic heterocycles. The maximum absolute atomic E-state index is 12.1. The Morgan fingerprint density at radius 3 is 2.61 bits per heavy atom. The molecule has 124 valence electrons. The monoisotopic (exact) mass is 336 g/mol. The summed E-state index contributed by atoms with van der Waals surface area (Å²) in [7, 11) is 0. The van der Waals surface area contributed by atoms with Crippen LogP contribution < -0.4 is 4.90 Å². The quantitative estimate of drug-likeness (QED) is 0.812. The Balaban J connectivity index is 1.69. The van der Waals surface area contributed by atoms with Crippen molar-refractivity contribution < 1.29 is 9.53 Å². The molecule has 23 heavy (non-hydrogen) atoms. The molecule has 0 radical (unpaired) electrons. The van der Waals surface area contributed by atoms with Crippen LogP contribution in [0.2, 0.25) is 5.15 Å². The van der Waals surface area contributed by atoms with Gasteiger partial charge in [0.25, 0.3) is 0 Å². The van der Waals surface area contributed by atoms with Crippen molar-refractivity contribution in [1.29, 1.82) is 0 Å². The number of anilines is 1. The van der Waals surface area contributed by atoms with Gasteiger partial charge in [-0.1, -0.05) is 11.6 Å². The lowest BCUT2D eigenvalue weighted by Crippen LogP contribution is -2.50. The average Bonchev–Trinajstić information content (AvgIpc) is 2.88. The number of nitrogens with zero attached hydrogens (tertiary/aromatic N) is 3. The first-order valence-electron chi connectivity index (χ1n) is 7.70. The molecule has 1 N–H and O–H groups in total. The number of piperazine rings is 1. The van der Waals surface area contributed by atoms with Gasteiger partial charge in [-0.05, 0) is 32.9 Å². The third kappa shape index (κ3) is 3.52. The lowest BCUT2D eigenvalue weighted by Gasteiger charge is -2.36. The number of carbonyl (C=O) groups excluding carboxylic acids is 1. The molecule has 0 unspecified atom stereocenters. The maximum Gasteiger partial charge on any atom is 0.410 e. The molecule has 0 aromatic carbocycles. The fourth-order valence-corrected chi connectivity index (χ4v) is 2.81. The smallest absolute Gasteiger partial charge is 0.410 e. The van der Waals surface area contributed by atoms with Crippen LogP contribution in [0, 0.1) is 0 Å². The fraction of sp³-hybridized carbons (Fsp3) is 0.500. The number of hydrogen-bond donors (Lipinski definition) is 1. The molecule has 1 aliphatic heterocycles. The molecule has 0 saturated carbocycles. The highest BCUT2D eigenvalue weighted by Gasteiger charge is 2.26. The molecular weight excluding hydrogens is 316 g/mol. The molecule has 0 atom stereocenters. The van der Waals surface area contributed by atoms with Gasteiger partial charge in [-0.3, -0.25) is 0 Å². The molecule has 3 heterocycles. The summed E-state index contributed by atoms with van der Waals surface area (Å²) in [5, 5.41) is 0.478. The van der Waals surface area contributed by atoms with Crippen molar-refractivity contribution in [3.8, 4) is 0 Å². The zero-order valence-corrected chi connectivity index (χ0v) is 14.4. The molecule has 1 fully saturated rings. The summed E-state index contributed by atoms with van der Waals surface area (Å²) in [6.45, 7) is 8.36. The minimum Gasteiger partial charge on any atom is -0.444 e. The van der Waals surface area contributed by atoms with Crippen LogP contribution in [0.3, 0.4) is 0 Å². The van der Waals surface area contributed by atoms with E-state index in [9.17, 15) is 4.79 Å². The van der Waals surface area contributed by atoms with E-state index in [1.807, 2.05) is 33.0 Å². The molecule has 2 aromatic rings. The number of aromatic nitrogens is 2. The second-order valence-electron chi connectivity index (χ2n) is 6.66. The van der Waals surface area contributed by atoms with Crippen LogP contribution in [0.1, 0.15) is 20.8 Å². The minimum absolute atomic E-state index is 0.253. The van der Waals surface area contributed by atoms with Gasteiger partial charge in [0.15, 0.2) is 0 Å². The molecular formula is C16H21ClN4O2. The van der Waals surface area contributed by atoms with Gasteiger partial charge in [0.05, 0.1) is 11.2 Å². The van der Waals surface area contributed by atoms with Crippen LogP contribution in [0.25, 0.3) is 11.0 Å². The third-order valence-corrected chi connectivity index (χ3v) is 3.95. The summed E-state index contributed by atoms with van der Waals surface area (Å²) >= 11 is 6.00. The van der Waals surface area contributed by atoms with E-state index >= 15 is 0 Å². The fourth-order valence-electron chi connectivity index (χ4n) is 2.66. The number of carbonyl (C=O) groups is 1. The summed E-state index contributed by atoms with van der Waals surface area (Å²) in [5.41, 5.74) is 2.37. The second-order valence-corrected chi connectivity index (χ2v) is 7.05. The lowest BCUT2D eigenvalue weighted by molar-refractivity contribution is 0.0241. The van der Waals surface area contributed by atoms with Crippen LogP contribution in [0.4, 0.5) is 10.5 Å². The number of fused-ring (bicyclic) bond motifs is 1. The first kappa shape index (κ1) is 15.9. The minimum atomic E-state index is -0.467. The predicted molar refractivity (Wildman–Crippen MR) is 91.1 cm³/mol. The Morgan fingerprint density at radius 1 is 1.26 bits per heavy atom. The van der Waals surface area contributed by atoms with E-state index in [2.05, 4.69) is 14.9 Å². The van der Waals surface area contributed by atoms with E-state index in [0.29, 0.717) is 18.2 Å². The number of pyridine rings is 1. The highest BCUT2D eigenvalue weighted by atomic mass is 35.5. The predicted octanol–water partition coefficient (Wildman–Crippen LogP) is 3.27. The van der Waals surface area contributed by atoms with Gasteiger partial charge in [-0.2, -0.15) is 0 Å². The summed E-state index contributed by atoms with van der Waals surface area (Å²) in [6.07, 6.45) is 1.69. The number of rotatable bonds is 1. The number of H-pyrrole nitrogens is 1. The van der Waals surface area contributed by atoms with Crippen molar-refractivity contribution in [3.05, 3.63) is 23.5 Å². The van der Waals surface area contributed by atoms with E-state index in [1.54, 1.807) is 11.0 Å². The molecule has 1 amide bonds. The molecule has 1 aliphatic rings. The van der Waals surface area contributed by atoms with E-state index in [4.69, 9.17) is 16.3 Å². The van der Waals surface area contributed by atoms with Gasteiger partial charge in [-0.15, -0.1) is 0 Å². The highest BCUT2D eigenvalue weighted by Crippen LogP contribution is 2.27. The Morgan fingerprint density at radius 2 is 1.96 bits per heavy atom. The van der Waals surface area contributed by atoms with Crippen LogP contribution in [-0.4, -0.2) is 52.7 Å². The molecule has 0 bridgehead atoms. The van der Waals surface area contributed by atoms with E-state index < -0.39 is 5.60 Å². The number of amides is 1. The number of aromatic amines is 1. The number of halogens is 1. The SMILES string of the molecule is CC(C)(C)OC(=O)N1CCN(c2c[nH]c3ccc(Cl)nc23)CC1. The van der Waals surface area contributed by atoms with Crippen LogP contribution in [-0.2, 0) is 4.74 Å². The summed E-state index contributed by atoms with van der Waals surface area (Å²) < 4.78 is 5.42. The van der Waals surface area contributed by atoms with Crippen molar-refractivity contribution in [2.24, 2.45) is 0 Å². The number of ether oxygens (including phenoxy) is 1. The van der Waals surface area contributed by atoms with Crippen molar-refractivity contribution >= 4 is 34.4 Å². The Labute approximate surface area is 140 Å². The van der Waals surface area contributed by atoms with E-state index in [0.717, 1.165) is 29.8 Å². The van der Waals surface area contributed by atoms with E-state index in [-0.39, 0.29) is 6.09 Å². The molecule has 6 nitrogen and oxygen atoms in total. The zero-order chi connectivity index (χ0) is 16.6. The van der Waals surface area contributed by atoms with Crippen molar-refractivity contribution in [2.45, 2.75) is 26.4 Å². The Kier molecular flexibility index (Phi) is 4.10. The molecule has 7 heteroatoms. The second kappa shape index (κ2) is 5.92. The molecule has 1 saturated heterocycles. The van der Waals surface area contributed by atoms with Gasteiger partial charge >= 0.3 is 6.09 Å². The van der Waals surface area contributed by atoms with Crippen molar-refractivity contribution in [1.82, 2.24) is 14.9 Å². The maximum atomic E-state index is 12.1. The van der Waals surface area contributed by atoms with E-state index in [1.165, 1.54) is 0 Å². The van der Waals surface area contributed by atoms with Crippen LogP contribution in [0.5, 0.6) is 0 Å². The Bertz CT molecular complexity index is 714. The molecule has 3 rings (SSSR count). The van der Waals surface area contributed by atoms with Crippen LogP contribution in [0.15, 0.2) is 18.3 Å². The standard InChI is InChI=1S/C16H21ClN4O2/c1-16(2,3)23-15(22)21-8-6-20(7-9-21)12-10-18-11-4-5-13(17)19-14(11)12/h4-5,10,18H,6-9H2,1-3H3. The van der Waals surface area contributed by atoms with Gasteiger partial charge < -0.3 is 19.5 Å². The largest absolute Gasteiger partial charge is 0.444 e. The first-order valence-corrected chi connectivity index (χ1v) is 8.08. The number of hydrogen-bond acceptors (Lipinski definition) is 4. The lowest BCUT2D eigenvalue weighted by atomic mass is 10.2. The summed E-state index contributed by atoms with van der Waals surface area (Å²) in [6, 6.07) is 3.69. The Hall–Kier alpha value is -1.95. The zero-order valence-electron chi connectivity index (χ0n) is 13.6. The average molecular weight is 337 g/mol. The van der Waals surface area contributed by atoms with Gasteiger partial charge in [-0.25, -0.2) is 9.78 Å². The topological polar surface area (TPSA) is 61.5 Å². The summed E-state index contributed by atoms with van der Waals surface area (Å²) in [4.78, 5) is 23.7. The molecule has 0 spiro atoms. The van der Waals surface area contributed by atoms with Crippen molar-refractivity contribution in [2.75, 3.05) is 31.1 Å².